The molecule has 1 aromatic carbocycles. The second kappa shape index (κ2) is 8.26. The second-order valence-electron chi connectivity index (χ2n) is 8.66. The molecule has 4 rings (SSSR count). The molecule has 2 fully saturated rings. The highest BCUT2D eigenvalue weighted by atomic mass is 16.5. The minimum absolute atomic E-state index is 0.407. The van der Waals surface area contributed by atoms with Gasteiger partial charge in [0.15, 0.2) is 0 Å². The van der Waals surface area contributed by atoms with Gasteiger partial charge in [0.05, 0.1) is 26.3 Å². The third kappa shape index (κ3) is 4.52. The van der Waals surface area contributed by atoms with Gasteiger partial charge < -0.3 is 15.4 Å². The first-order chi connectivity index (χ1) is 13.9. The maximum atomic E-state index is 6.19. The Bertz CT molecular complexity index is 824. The number of piperazine rings is 1. The van der Waals surface area contributed by atoms with E-state index in [9.17, 15) is 0 Å². The number of quaternary nitrogens is 1. The third-order valence-electron chi connectivity index (χ3n) is 6.11. The Kier molecular flexibility index (Phi) is 5.72. The Morgan fingerprint density at radius 3 is 2.48 bits per heavy atom. The molecule has 0 aliphatic carbocycles. The second-order valence-corrected chi connectivity index (χ2v) is 8.66. The van der Waals surface area contributed by atoms with Crippen molar-refractivity contribution in [2.24, 2.45) is 0 Å². The molecule has 2 aromatic rings. The molecule has 3 heterocycles. The van der Waals surface area contributed by atoms with E-state index in [-0.39, 0.29) is 0 Å². The molecular weight excluding hydrogens is 364 g/mol. The van der Waals surface area contributed by atoms with Gasteiger partial charge in [0.1, 0.15) is 11.5 Å². The lowest BCUT2D eigenvalue weighted by molar-refractivity contribution is 0.0712. The van der Waals surface area contributed by atoms with Gasteiger partial charge in [-0.15, -0.1) is 0 Å². The number of benzene rings is 1. The van der Waals surface area contributed by atoms with E-state index in [4.69, 9.17) is 15.5 Å². The minimum Gasteiger partial charge on any atom is -0.383 e. The quantitative estimate of drug-likeness (QED) is 0.782. The molecule has 1 atom stereocenters. The van der Waals surface area contributed by atoms with Crippen molar-refractivity contribution in [3.8, 4) is 0 Å². The average Bonchev–Trinajstić information content (AvgIpc) is 3.21. The fourth-order valence-corrected chi connectivity index (χ4v) is 4.12. The van der Waals surface area contributed by atoms with Gasteiger partial charge in [-0.1, -0.05) is 17.7 Å². The zero-order chi connectivity index (χ0) is 20.4. The highest BCUT2D eigenvalue weighted by molar-refractivity contribution is 5.59. The molecule has 7 nitrogen and oxygen atoms in total. The standard InChI is InChI=1S/C22H33N6O/c1-17-6-8-18(9-7-17)28(2,3)21-15-20(23)24-22(25-21)27-12-10-26(11-13-27)16-19-5-4-14-29-19/h6-9,15,19H,4-5,10-14,16H2,1-3H3,(H2,23,24,25)/q+1. The number of nitrogens with zero attached hydrogens (tertiary/aromatic N) is 5. The Hall–Kier alpha value is -2.22. The van der Waals surface area contributed by atoms with Gasteiger partial charge in [0.2, 0.25) is 11.8 Å². The number of rotatable bonds is 5. The smallest absolute Gasteiger partial charge is 0.239 e. The van der Waals surface area contributed by atoms with Gasteiger partial charge in [-0.2, -0.15) is 9.97 Å². The van der Waals surface area contributed by atoms with Crippen molar-refractivity contribution in [1.29, 1.82) is 0 Å². The number of aryl methyl sites for hydroxylation is 1. The van der Waals surface area contributed by atoms with Crippen molar-refractivity contribution < 1.29 is 4.74 Å². The predicted molar refractivity (Wildman–Crippen MR) is 119 cm³/mol. The molecule has 1 aromatic heterocycles. The Morgan fingerprint density at radius 2 is 1.83 bits per heavy atom. The summed E-state index contributed by atoms with van der Waals surface area (Å²) in [5.74, 6) is 2.15. The van der Waals surface area contributed by atoms with Crippen LogP contribution in [-0.4, -0.2) is 74.4 Å². The summed E-state index contributed by atoms with van der Waals surface area (Å²) in [6, 6.07) is 10.5. The average molecular weight is 398 g/mol. The number of hydrogen-bond donors (Lipinski definition) is 1. The van der Waals surface area contributed by atoms with Crippen molar-refractivity contribution in [3.63, 3.8) is 0 Å². The van der Waals surface area contributed by atoms with Gasteiger partial charge in [0.25, 0.3) is 0 Å². The topological polar surface area (TPSA) is 67.5 Å². The molecule has 0 spiro atoms. The van der Waals surface area contributed by atoms with Crippen LogP contribution in [0, 0.1) is 6.92 Å². The predicted octanol–water partition coefficient (Wildman–Crippen LogP) is 2.57. The van der Waals surface area contributed by atoms with Crippen LogP contribution in [0.15, 0.2) is 30.3 Å². The largest absolute Gasteiger partial charge is 0.383 e. The molecule has 0 radical (unpaired) electrons. The molecule has 0 saturated carbocycles. The molecule has 0 amide bonds. The van der Waals surface area contributed by atoms with E-state index in [0.717, 1.165) is 51.1 Å². The lowest BCUT2D eigenvalue weighted by Gasteiger charge is -2.36. The Morgan fingerprint density at radius 1 is 1.10 bits per heavy atom. The van der Waals surface area contributed by atoms with Crippen molar-refractivity contribution in [2.75, 3.05) is 64.1 Å². The lowest BCUT2D eigenvalue weighted by Crippen LogP contribution is -2.49. The van der Waals surface area contributed by atoms with Crippen LogP contribution >= 0.6 is 0 Å². The van der Waals surface area contributed by atoms with Crippen molar-refractivity contribution in [2.45, 2.75) is 25.9 Å². The zero-order valence-corrected chi connectivity index (χ0v) is 17.8. The first-order valence-electron chi connectivity index (χ1n) is 10.6. The van der Waals surface area contributed by atoms with Crippen LogP contribution in [0.1, 0.15) is 18.4 Å². The lowest BCUT2D eigenvalue weighted by atomic mass is 10.2. The van der Waals surface area contributed by atoms with Crippen LogP contribution in [0.4, 0.5) is 23.3 Å². The van der Waals surface area contributed by atoms with Crippen LogP contribution in [0.3, 0.4) is 0 Å². The molecule has 2 N–H and O–H groups in total. The minimum atomic E-state index is 0.407. The van der Waals surface area contributed by atoms with Gasteiger partial charge in [-0.3, -0.25) is 4.90 Å². The van der Waals surface area contributed by atoms with Crippen molar-refractivity contribution >= 4 is 23.3 Å². The Labute approximate surface area is 173 Å². The van der Waals surface area contributed by atoms with Crippen LogP contribution < -0.4 is 15.1 Å². The molecule has 0 bridgehead atoms. The number of nitrogen functional groups attached to an aromatic ring is 1. The number of aromatic nitrogens is 2. The van der Waals surface area contributed by atoms with Crippen molar-refractivity contribution in [1.82, 2.24) is 19.4 Å². The molecule has 2 aliphatic rings. The van der Waals surface area contributed by atoms with E-state index >= 15 is 0 Å². The molecule has 1 unspecified atom stereocenters. The SMILES string of the molecule is Cc1ccc([N+](C)(C)c2cc(N)nc(N3CCN(CC4CCCO4)CC3)n2)cc1. The van der Waals surface area contributed by atoms with Crippen molar-refractivity contribution in [3.05, 3.63) is 35.9 Å². The summed E-state index contributed by atoms with van der Waals surface area (Å²) < 4.78 is 6.31. The zero-order valence-electron chi connectivity index (χ0n) is 17.8. The van der Waals surface area contributed by atoms with Crippen LogP contribution in [-0.2, 0) is 4.74 Å². The van der Waals surface area contributed by atoms with Crippen LogP contribution in [0.2, 0.25) is 0 Å². The summed E-state index contributed by atoms with van der Waals surface area (Å²) in [6.07, 6.45) is 2.79. The fourth-order valence-electron chi connectivity index (χ4n) is 4.12. The number of ether oxygens (including phenoxy) is 1. The normalized spacial score (nSPS) is 20.9. The van der Waals surface area contributed by atoms with E-state index in [1.165, 1.54) is 24.1 Å². The molecule has 2 saturated heterocycles. The maximum Gasteiger partial charge on any atom is 0.239 e. The summed E-state index contributed by atoms with van der Waals surface area (Å²) in [5.41, 5.74) is 8.60. The number of nitrogens with two attached hydrogens (primary N) is 1. The number of hydrogen-bond acceptors (Lipinski definition) is 6. The first kappa shape index (κ1) is 20.1. The van der Waals surface area contributed by atoms with Gasteiger partial charge in [-0.25, -0.2) is 4.48 Å². The molecular formula is C22H33N6O+. The summed E-state index contributed by atoms with van der Waals surface area (Å²) >= 11 is 0. The van der Waals surface area contributed by atoms with E-state index in [1.54, 1.807) is 0 Å². The van der Waals surface area contributed by atoms with Gasteiger partial charge in [-0.05, 0) is 31.9 Å². The fraction of sp³-hybridized carbons (Fsp3) is 0.545. The van der Waals surface area contributed by atoms with E-state index in [1.807, 2.05) is 6.07 Å². The van der Waals surface area contributed by atoms with Crippen LogP contribution in [0.5, 0.6) is 0 Å². The van der Waals surface area contributed by atoms with Crippen LogP contribution in [0.25, 0.3) is 0 Å². The molecule has 29 heavy (non-hydrogen) atoms. The van der Waals surface area contributed by atoms with E-state index in [0.29, 0.717) is 16.4 Å². The molecule has 2 aliphatic heterocycles. The third-order valence-corrected chi connectivity index (χ3v) is 6.11. The summed E-state index contributed by atoms with van der Waals surface area (Å²) in [5, 5.41) is 0. The number of anilines is 2. The summed E-state index contributed by atoms with van der Waals surface area (Å²) in [6.45, 7) is 7.88. The summed E-state index contributed by atoms with van der Waals surface area (Å²) in [4.78, 5) is 14.2. The van der Waals surface area contributed by atoms with E-state index in [2.05, 4.69) is 60.1 Å². The van der Waals surface area contributed by atoms with Gasteiger partial charge >= 0.3 is 0 Å². The van der Waals surface area contributed by atoms with E-state index < -0.39 is 0 Å². The molecule has 156 valence electrons. The maximum absolute atomic E-state index is 6.19. The van der Waals surface area contributed by atoms with Gasteiger partial charge in [0, 0.05) is 39.3 Å². The first-order valence-corrected chi connectivity index (χ1v) is 10.6. The summed E-state index contributed by atoms with van der Waals surface area (Å²) in [7, 11) is 4.27. The highest BCUT2D eigenvalue weighted by Gasteiger charge is 2.28. The monoisotopic (exact) mass is 397 g/mol. The molecule has 7 heteroatoms. The highest BCUT2D eigenvalue weighted by Crippen LogP contribution is 2.31. The Balaban J connectivity index is 1.48.